The van der Waals surface area contributed by atoms with Gasteiger partial charge in [0.05, 0.1) is 22.6 Å². The van der Waals surface area contributed by atoms with Gasteiger partial charge in [0.1, 0.15) is 0 Å². The monoisotopic (exact) mass is 496 g/mol. The minimum Gasteiger partial charge on any atom is -0.459 e. The SMILES string of the molecule is CC1=C(C(=O)OC(C)C)C(c2cccc([N+](=O)[O-])c2)N(CCCN(C)Cc2ccccc2)C(=S)N1. The lowest BCUT2D eigenvalue weighted by atomic mass is 9.93. The molecule has 1 aliphatic heterocycles. The van der Waals surface area contributed by atoms with Crippen LogP contribution in [0.15, 0.2) is 65.9 Å². The molecule has 0 saturated heterocycles. The second-order valence-electron chi connectivity index (χ2n) is 8.95. The highest BCUT2D eigenvalue weighted by atomic mass is 32.1. The van der Waals surface area contributed by atoms with Crippen molar-refractivity contribution in [2.45, 2.75) is 45.9 Å². The van der Waals surface area contributed by atoms with Gasteiger partial charge in [-0.3, -0.25) is 10.1 Å². The first-order chi connectivity index (χ1) is 16.7. The van der Waals surface area contributed by atoms with Crippen molar-refractivity contribution >= 4 is 29.0 Å². The summed E-state index contributed by atoms with van der Waals surface area (Å²) in [6, 6.07) is 16.0. The third kappa shape index (κ3) is 6.86. The number of rotatable bonds is 10. The molecule has 1 N–H and O–H groups in total. The fraction of sp³-hybridized carbons (Fsp3) is 0.385. The van der Waals surface area contributed by atoms with Crippen molar-refractivity contribution in [3.05, 3.63) is 87.1 Å². The Labute approximate surface area is 211 Å². The van der Waals surface area contributed by atoms with E-state index >= 15 is 0 Å². The first kappa shape index (κ1) is 26.3. The van der Waals surface area contributed by atoms with E-state index in [-0.39, 0.29) is 11.8 Å². The lowest BCUT2D eigenvalue weighted by molar-refractivity contribution is -0.384. The van der Waals surface area contributed by atoms with E-state index in [1.165, 1.54) is 17.7 Å². The summed E-state index contributed by atoms with van der Waals surface area (Å²) in [4.78, 5) is 28.3. The molecule has 1 unspecified atom stereocenters. The normalized spacial score (nSPS) is 16.0. The van der Waals surface area contributed by atoms with Crippen LogP contribution in [-0.4, -0.2) is 52.0 Å². The molecule has 0 saturated carbocycles. The van der Waals surface area contributed by atoms with E-state index in [9.17, 15) is 14.9 Å². The van der Waals surface area contributed by atoms with Gasteiger partial charge in [-0.25, -0.2) is 4.79 Å². The number of nitro benzene ring substituents is 1. The topological polar surface area (TPSA) is 87.9 Å². The summed E-state index contributed by atoms with van der Waals surface area (Å²) in [6.07, 6.45) is 0.477. The van der Waals surface area contributed by atoms with Crippen LogP contribution in [0.3, 0.4) is 0 Å². The summed E-state index contributed by atoms with van der Waals surface area (Å²) in [6.45, 7) is 7.55. The fourth-order valence-electron chi connectivity index (χ4n) is 4.19. The Morgan fingerprint density at radius 2 is 1.94 bits per heavy atom. The number of hydrogen-bond acceptors (Lipinski definition) is 6. The quantitative estimate of drug-likeness (QED) is 0.221. The molecule has 186 valence electrons. The smallest absolute Gasteiger partial charge is 0.338 e. The van der Waals surface area contributed by atoms with Crippen LogP contribution < -0.4 is 5.32 Å². The predicted octanol–water partition coefficient (Wildman–Crippen LogP) is 4.57. The van der Waals surface area contributed by atoms with Gasteiger partial charge in [-0.15, -0.1) is 0 Å². The highest BCUT2D eigenvalue weighted by Crippen LogP contribution is 2.36. The Morgan fingerprint density at radius 1 is 1.23 bits per heavy atom. The number of allylic oxidation sites excluding steroid dienone is 1. The van der Waals surface area contributed by atoms with Crippen LogP contribution in [0.5, 0.6) is 0 Å². The summed E-state index contributed by atoms with van der Waals surface area (Å²) >= 11 is 5.66. The molecule has 35 heavy (non-hydrogen) atoms. The Hall–Kier alpha value is -3.30. The van der Waals surface area contributed by atoms with Crippen LogP contribution >= 0.6 is 12.2 Å². The van der Waals surface area contributed by atoms with Gasteiger partial charge in [-0.1, -0.05) is 42.5 Å². The summed E-state index contributed by atoms with van der Waals surface area (Å²) in [5, 5.41) is 15.1. The number of thiocarbonyl (C=S) groups is 1. The standard InChI is InChI=1S/C26H32N4O4S/c1-18(2)34-25(31)23-19(3)27-26(35)29(24(23)21-12-8-13-22(16-21)30(32)33)15-9-14-28(4)17-20-10-6-5-7-11-20/h5-8,10-13,16,18,24H,9,14-15,17H2,1-4H3,(H,27,35). The molecular formula is C26H32N4O4S. The number of nitro groups is 1. The van der Waals surface area contributed by atoms with Gasteiger partial charge in [0, 0.05) is 30.9 Å². The van der Waals surface area contributed by atoms with Gasteiger partial charge in [0.15, 0.2) is 5.11 Å². The third-order valence-corrected chi connectivity index (χ3v) is 6.07. The molecular weight excluding hydrogens is 464 g/mol. The van der Waals surface area contributed by atoms with E-state index < -0.39 is 16.9 Å². The first-order valence-electron chi connectivity index (χ1n) is 11.6. The van der Waals surface area contributed by atoms with Gasteiger partial charge < -0.3 is 19.9 Å². The molecule has 1 atom stereocenters. The second kappa shape index (κ2) is 11.9. The predicted molar refractivity (Wildman–Crippen MR) is 140 cm³/mol. The third-order valence-electron chi connectivity index (χ3n) is 5.74. The maximum absolute atomic E-state index is 13.1. The number of esters is 1. The van der Waals surface area contributed by atoms with Crippen molar-refractivity contribution < 1.29 is 14.5 Å². The zero-order valence-electron chi connectivity index (χ0n) is 20.6. The largest absolute Gasteiger partial charge is 0.459 e. The number of nitrogens with one attached hydrogen (secondary N) is 1. The lowest BCUT2D eigenvalue weighted by Gasteiger charge is -2.40. The van der Waals surface area contributed by atoms with Crippen LogP contribution in [0.2, 0.25) is 0 Å². The minimum absolute atomic E-state index is 0.0382. The van der Waals surface area contributed by atoms with Crippen molar-refractivity contribution in [3.8, 4) is 0 Å². The minimum atomic E-state index is -0.589. The zero-order chi connectivity index (χ0) is 25.5. The van der Waals surface area contributed by atoms with E-state index in [1.807, 2.05) is 23.1 Å². The van der Waals surface area contributed by atoms with E-state index in [1.54, 1.807) is 32.9 Å². The molecule has 0 radical (unpaired) electrons. The Morgan fingerprint density at radius 3 is 2.60 bits per heavy atom. The summed E-state index contributed by atoms with van der Waals surface area (Å²) in [5.74, 6) is -0.463. The second-order valence-corrected chi connectivity index (χ2v) is 9.33. The Bertz CT molecular complexity index is 1100. The zero-order valence-corrected chi connectivity index (χ0v) is 21.4. The number of hydrogen-bond donors (Lipinski definition) is 1. The maximum Gasteiger partial charge on any atom is 0.338 e. The van der Waals surface area contributed by atoms with Crippen LogP contribution in [0.4, 0.5) is 5.69 Å². The highest BCUT2D eigenvalue weighted by molar-refractivity contribution is 7.80. The molecule has 9 heteroatoms. The average molecular weight is 497 g/mol. The van der Waals surface area contributed by atoms with E-state index in [4.69, 9.17) is 17.0 Å². The van der Waals surface area contributed by atoms with Crippen LogP contribution in [0, 0.1) is 10.1 Å². The van der Waals surface area contributed by atoms with E-state index in [0.29, 0.717) is 28.5 Å². The number of benzene rings is 2. The number of carbonyl (C=O) groups excluding carboxylic acids is 1. The van der Waals surface area contributed by atoms with Crippen LogP contribution in [0.1, 0.15) is 44.4 Å². The molecule has 2 aromatic carbocycles. The maximum atomic E-state index is 13.1. The van der Waals surface area contributed by atoms with E-state index in [0.717, 1.165) is 19.5 Å². The van der Waals surface area contributed by atoms with Crippen molar-refractivity contribution in [2.24, 2.45) is 0 Å². The number of nitrogens with zero attached hydrogens (tertiary/aromatic N) is 3. The molecule has 0 bridgehead atoms. The van der Waals surface area contributed by atoms with Crippen molar-refractivity contribution in [1.29, 1.82) is 0 Å². The molecule has 3 rings (SSSR count). The summed E-state index contributed by atoms with van der Waals surface area (Å²) in [5.41, 5.74) is 2.82. The molecule has 1 aliphatic rings. The highest BCUT2D eigenvalue weighted by Gasteiger charge is 2.37. The van der Waals surface area contributed by atoms with Crippen LogP contribution in [0.25, 0.3) is 0 Å². The van der Waals surface area contributed by atoms with Gasteiger partial charge in [0.25, 0.3) is 5.69 Å². The van der Waals surface area contributed by atoms with Gasteiger partial charge in [0.2, 0.25) is 0 Å². The molecule has 0 amide bonds. The molecule has 0 aromatic heterocycles. The van der Waals surface area contributed by atoms with Crippen molar-refractivity contribution in [2.75, 3.05) is 20.1 Å². The molecule has 2 aromatic rings. The van der Waals surface area contributed by atoms with Crippen LogP contribution in [-0.2, 0) is 16.1 Å². The first-order valence-corrected chi connectivity index (χ1v) is 12.0. The number of carbonyl (C=O) groups is 1. The fourth-order valence-corrected chi connectivity index (χ4v) is 4.54. The van der Waals surface area contributed by atoms with Crippen molar-refractivity contribution in [1.82, 2.24) is 15.1 Å². The van der Waals surface area contributed by atoms with E-state index in [2.05, 4.69) is 29.4 Å². The van der Waals surface area contributed by atoms with Gasteiger partial charge in [-0.05, 0) is 64.1 Å². The Balaban J connectivity index is 1.86. The molecule has 0 spiro atoms. The average Bonchev–Trinajstić information content (AvgIpc) is 2.80. The molecule has 0 aliphatic carbocycles. The molecule has 1 heterocycles. The van der Waals surface area contributed by atoms with Gasteiger partial charge >= 0.3 is 5.97 Å². The Kier molecular flexibility index (Phi) is 8.95. The molecule has 8 nitrogen and oxygen atoms in total. The van der Waals surface area contributed by atoms with Gasteiger partial charge in [-0.2, -0.15) is 0 Å². The number of non-ortho nitro benzene ring substituents is 1. The molecule has 0 fully saturated rings. The lowest BCUT2D eigenvalue weighted by Crippen LogP contribution is -2.49. The summed E-state index contributed by atoms with van der Waals surface area (Å²) < 4.78 is 5.53. The summed E-state index contributed by atoms with van der Waals surface area (Å²) in [7, 11) is 2.06. The van der Waals surface area contributed by atoms with Crippen molar-refractivity contribution in [3.63, 3.8) is 0 Å². The number of ether oxygens (including phenoxy) is 1.